The first-order valence-corrected chi connectivity index (χ1v) is 6.52. The zero-order valence-electron chi connectivity index (χ0n) is 10.8. The van der Waals surface area contributed by atoms with Crippen molar-refractivity contribution in [1.82, 2.24) is 24.9 Å². The van der Waals surface area contributed by atoms with Crippen LogP contribution in [0.3, 0.4) is 0 Å². The van der Waals surface area contributed by atoms with Crippen molar-refractivity contribution in [2.24, 2.45) is 5.92 Å². The van der Waals surface area contributed by atoms with E-state index in [0.29, 0.717) is 29.9 Å². The van der Waals surface area contributed by atoms with Gasteiger partial charge in [0.05, 0.1) is 6.61 Å². The Morgan fingerprint density at radius 1 is 1.58 bits per heavy atom. The average molecular weight is 263 g/mol. The molecule has 1 saturated heterocycles. The van der Waals surface area contributed by atoms with Gasteiger partial charge in [-0.2, -0.15) is 10.1 Å². The van der Waals surface area contributed by atoms with Gasteiger partial charge < -0.3 is 10.1 Å². The molecule has 0 radical (unpaired) electrons. The normalized spacial score (nSPS) is 19.1. The first-order chi connectivity index (χ1) is 9.24. The average Bonchev–Trinajstić information content (AvgIpc) is 3.00. The standard InChI is InChI=1S/C12H17N5O2/c1-8-14-11(6-10-15-16-12(18)17(8)10)19-5-3-9-2-4-13-7-9/h6,9,13H,2-5,7H2,1H3,(H,16,18). The minimum atomic E-state index is -0.274. The summed E-state index contributed by atoms with van der Waals surface area (Å²) in [5.74, 6) is 1.79. The molecule has 0 spiro atoms. The quantitative estimate of drug-likeness (QED) is 0.817. The number of aromatic amines is 1. The van der Waals surface area contributed by atoms with Crippen molar-refractivity contribution in [1.29, 1.82) is 0 Å². The van der Waals surface area contributed by atoms with Gasteiger partial charge >= 0.3 is 5.69 Å². The molecule has 3 heterocycles. The number of nitrogens with one attached hydrogen (secondary N) is 2. The van der Waals surface area contributed by atoms with E-state index in [1.807, 2.05) is 0 Å². The number of nitrogens with zero attached hydrogens (tertiary/aromatic N) is 3. The number of ether oxygens (including phenoxy) is 1. The van der Waals surface area contributed by atoms with Gasteiger partial charge in [0.25, 0.3) is 0 Å². The molecule has 0 bridgehead atoms. The second-order valence-corrected chi connectivity index (χ2v) is 4.86. The molecule has 0 saturated carbocycles. The van der Waals surface area contributed by atoms with Gasteiger partial charge in [0.15, 0.2) is 5.65 Å². The van der Waals surface area contributed by atoms with Crippen molar-refractivity contribution in [2.45, 2.75) is 19.8 Å². The van der Waals surface area contributed by atoms with Crippen LogP contribution in [0.5, 0.6) is 5.88 Å². The van der Waals surface area contributed by atoms with Crippen LogP contribution in [0.2, 0.25) is 0 Å². The molecule has 0 amide bonds. The van der Waals surface area contributed by atoms with Gasteiger partial charge in [-0.3, -0.25) is 0 Å². The van der Waals surface area contributed by atoms with E-state index in [-0.39, 0.29) is 5.69 Å². The van der Waals surface area contributed by atoms with E-state index >= 15 is 0 Å². The summed E-state index contributed by atoms with van der Waals surface area (Å²) in [4.78, 5) is 15.7. The lowest BCUT2D eigenvalue weighted by atomic mass is 10.1. The second kappa shape index (κ2) is 5.00. The maximum absolute atomic E-state index is 11.5. The van der Waals surface area contributed by atoms with Crippen LogP contribution in [0, 0.1) is 12.8 Å². The van der Waals surface area contributed by atoms with Gasteiger partial charge in [-0.1, -0.05) is 0 Å². The van der Waals surface area contributed by atoms with Gasteiger partial charge in [0, 0.05) is 6.07 Å². The van der Waals surface area contributed by atoms with Crippen molar-refractivity contribution in [2.75, 3.05) is 19.7 Å². The lowest BCUT2D eigenvalue weighted by molar-refractivity contribution is 0.273. The van der Waals surface area contributed by atoms with Gasteiger partial charge in [0.1, 0.15) is 5.82 Å². The summed E-state index contributed by atoms with van der Waals surface area (Å²) >= 11 is 0. The number of fused-ring (bicyclic) bond motifs is 1. The second-order valence-electron chi connectivity index (χ2n) is 4.86. The molecule has 19 heavy (non-hydrogen) atoms. The Morgan fingerprint density at radius 2 is 2.47 bits per heavy atom. The SMILES string of the molecule is Cc1nc(OCCC2CCNC2)cc2n[nH]c(=O)n12. The third-order valence-electron chi connectivity index (χ3n) is 3.48. The molecule has 7 heteroatoms. The summed E-state index contributed by atoms with van der Waals surface area (Å²) in [5, 5.41) is 9.65. The van der Waals surface area contributed by atoms with Crippen molar-refractivity contribution in [3.05, 3.63) is 22.4 Å². The maximum Gasteiger partial charge on any atom is 0.349 e. The Morgan fingerprint density at radius 3 is 3.26 bits per heavy atom. The monoisotopic (exact) mass is 263 g/mol. The molecule has 1 aliphatic heterocycles. The van der Waals surface area contributed by atoms with Gasteiger partial charge in [0.2, 0.25) is 5.88 Å². The number of aromatic nitrogens is 4. The van der Waals surface area contributed by atoms with Crippen LogP contribution in [0.25, 0.3) is 5.65 Å². The molecule has 2 N–H and O–H groups in total. The Labute approximate surface area is 110 Å². The fraction of sp³-hybridized carbons (Fsp3) is 0.583. The van der Waals surface area contributed by atoms with Crippen LogP contribution >= 0.6 is 0 Å². The largest absolute Gasteiger partial charge is 0.478 e. The summed E-state index contributed by atoms with van der Waals surface area (Å²) < 4.78 is 7.08. The number of H-pyrrole nitrogens is 1. The van der Waals surface area contributed by atoms with Crippen LogP contribution in [-0.4, -0.2) is 39.3 Å². The molecule has 1 unspecified atom stereocenters. The Hall–Kier alpha value is -1.89. The summed E-state index contributed by atoms with van der Waals surface area (Å²) in [7, 11) is 0. The number of hydrogen-bond donors (Lipinski definition) is 2. The minimum absolute atomic E-state index is 0.274. The zero-order chi connectivity index (χ0) is 13.2. The van der Waals surface area contributed by atoms with E-state index in [4.69, 9.17) is 4.74 Å². The first kappa shape index (κ1) is 12.2. The van der Waals surface area contributed by atoms with Gasteiger partial charge in [-0.05, 0) is 38.8 Å². The highest BCUT2D eigenvalue weighted by atomic mass is 16.5. The summed E-state index contributed by atoms with van der Waals surface area (Å²) in [5.41, 5.74) is 0.263. The summed E-state index contributed by atoms with van der Waals surface area (Å²) in [6.07, 6.45) is 2.23. The van der Waals surface area contributed by atoms with Crippen LogP contribution in [0.15, 0.2) is 10.9 Å². The fourth-order valence-corrected chi connectivity index (χ4v) is 2.44. The van der Waals surface area contributed by atoms with Gasteiger partial charge in [-0.15, -0.1) is 0 Å². The molecular weight excluding hydrogens is 246 g/mol. The van der Waals surface area contributed by atoms with Crippen molar-refractivity contribution >= 4 is 5.65 Å². The molecule has 102 valence electrons. The predicted octanol–water partition coefficient (Wildman–Crippen LogP) is 0.104. The van der Waals surface area contributed by atoms with Gasteiger partial charge in [-0.25, -0.2) is 14.3 Å². The molecule has 7 nitrogen and oxygen atoms in total. The van der Waals surface area contributed by atoms with Crippen LogP contribution in [0.4, 0.5) is 0 Å². The van der Waals surface area contributed by atoms with Crippen molar-refractivity contribution in [3.8, 4) is 5.88 Å². The lowest BCUT2D eigenvalue weighted by Crippen LogP contribution is -2.14. The van der Waals surface area contributed by atoms with Crippen molar-refractivity contribution in [3.63, 3.8) is 0 Å². The smallest absolute Gasteiger partial charge is 0.349 e. The Bertz CT molecular complexity index is 627. The fourth-order valence-electron chi connectivity index (χ4n) is 2.44. The van der Waals surface area contributed by atoms with E-state index in [0.717, 1.165) is 19.5 Å². The van der Waals surface area contributed by atoms with Crippen LogP contribution in [-0.2, 0) is 0 Å². The molecule has 3 rings (SSSR count). The highest BCUT2D eigenvalue weighted by Crippen LogP contribution is 2.14. The van der Waals surface area contributed by atoms with E-state index < -0.39 is 0 Å². The first-order valence-electron chi connectivity index (χ1n) is 6.52. The third kappa shape index (κ3) is 2.46. The van der Waals surface area contributed by atoms with Crippen LogP contribution < -0.4 is 15.7 Å². The molecule has 2 aromatic rings. The van der Waals surface area contributed by atoms with E-state index in [2.05, 4.69) is 20.5 Å². The van der Waals surface area contributed by atoms with E-state index in [1.165, 1.54) is 10.8 Å². The Kier molecular flexibility index (Phi) is 3.20. The number of aryl methyl sites for hydroxylation is 1. The van der Waals surface area contributed by atoms with Crippen molar-refractivity contribution < 1.29 is 4.74 Å². The predicted molar refractivity (Wildman–Crippen MR) is 69.4 cm³/mol. The summed E-state index contributed by atoms with van der Waals surface area (Å²) in [6.45, 7) is 4.58. The molecular formula is C12H17N5O2. The molecule has 1 aliphatic rings. The molecule has 0 aromatic carbocycles. The summed E-state index contributed by atoms with van der Waals surface area (Å²) in [6, 6.07) is 1.68. The molecule has 1 atom stereocenters. The highest BCUT2D eigenvalue weighted by molar-refractivity contribution is 5.40. The lowest BCUT2D eigenvalue weighted by Gasteiger charge is -2.09. The minimum Gasteiger partial charge on any atom is -0.478 e. The van der Waals surface area contributed by atoms with Crippen LogP contribution in [0.1, 0.15) is 18.7 Å². The maximum atomic E-state index is 11.5. The number of hydrogen-bond acceptors (Lipinski definition) is 5. The topological polar surface area (TPSA) is 84.3 Å². The number of rotatable bonds is 4. The third-order valence-corrected chi connectivity index (χ3v) is 3.48. The Balaban J connectivity index is 1.69. The van der Waals surface area contributed by atoms with E-state index in [1.54, 1.807) is 13.0 Å². The zero-order valence-corrected chi connectivity index (χ0v) is 10.8. The van der Waals surface area contributed by atoms with E-state index in [9.17, 15) is 4.79 Å². The molecule has 0 aliphatic carbocycles. The molecule has 2 aromatic heterocycles. The highest BCUT2D eigenvalue weighted by Gasteiger charge is 2.14. The molecule has 1 fully saturated rings.